The Morgan fingerprint density at radius 1 is 1.06 bits per heavy atom. The fourth-order valence-corrected chi connectivity index (χ4v) is 4.90. The van der Waals surface area contributed by atoms with Crippen molar-refractivity contribution in [1.29, 1.82) is 0 Å². The highest BCUT2D eigenvalue weighted by atomic mass is 35.5. The third kappa shape index (κ3) is 4.92. The molecule has 180 valence electrons. The molecule has 0 spiro atoms. The zero-order valence-corrected chi connectivity index (χ0v) is 20.9. The normalized spacial score (nSPS) is 16.7. The number of para-hydroxylation sites is 2. The van der Waals surface area contributed by atoms with Crippen LogP contribution in [-0.4, -0.2) is 28.6 Å². The Hall–Kier alpha value is -3.31. The number of benzene rings is 3. The summed E-state index contributed by atoms with van der Waals surface area (Å²) in [6, 6.07) is 24.0. The summed E-state index contributed by atoms with van der Waals surface area (Å²) in [6.45, 7) is 6.23. The molecule has 1 amide bonds. The van der Waals surface area contributed by atoms with E-state index in [1.807, 2.05) is 59.5 Å². The van der Waals surface area contributed by atoms with Gasteiger partial charge in [-0.2, -0.15) is 0 Å². The van der Waals surface area contributed by atoms with Crippen molar-refractivity contribution in [2.24, 2.45) is 0 Å². The Morgan fingerprint density at radius 3 is 2.54 bits per heavy atom. The molecule has 1 aromatic heterocycles. The molecule has 1 aliphatic heterocycles. The van der Waals surface area contributed by atoms with Gasteiger partial charge in [0, 0.05) is 29.6 Å². The molecule has 1 aliphatic rings. The van der Waals surface area contributed by atoms with Gasteiger partial charge in [-0.15, -0.1) is 0 Å². The fourth-order valence-electron chi connectivity index (χ4n) is 4.77. The molecule has 5 nitrogen and oxygen atoms in total. The zero-order valence-electron chi connectivity index (χ0n) is 20.2. The van der Waals surface area contributed by atoms with Gasteiger partial charge in [-0.3, -0.25) is 4.79 Å². The number of fused-ring (bicyclic) bond motifs is 1. The smallest absolute Gasteiger partial charge is 0.227 e. The third-order valence-corrected chi connectivity index (χ3v) is 7.21. The van der Waals surface area contributed by atoms with Crippen molar-refractivity contribution in [3.05, 3.63) is 89.2 Å². The molecule has 0 saturated carbocycles. The van der Waals surface area contributed by atoms with Crippen LogP contribution in [0.2, 0.25) is 5.02 Å². The van der Waals surface area contributed by atoms with Gasteiger partial charge in [-0.05, 0) is 66.4 Å². The number of carbonyl (C=O) groups excluding carboxylic acids is 1. The lowest BCUT2D eigenvalue weighted by Gasteiger charge is -2.18. The molecular weight excluding hydrogens is 458 g/mol. The van der Waals surface area contributed by atoms with Crippen LogP contribution < -0.4 is 9.64 Å². The first-order valence-corrected chi connectivity index (χ1v) is 12.6. The maximum atomic E-state index is 12.9. The van der Waals surface area contributed by atoms with Crippen LogP contribution >= 0.6 is 11.6 Å². The summed E-state index contributed by atoms with van der Waals surface area (Å²) in [5.41, 5.74) is 4.21. The van der Waals surface area contributed by atoms with Gasteiger partial charge in [0.15, 0.2) is 0 Å². The molecule has 0 bridgehead atoms. The van der Waals surface area contributed by atoms with Crippen molar-refractivity contribution < 1.29 is 9.53 Å². The van der Waals surface area contributed by atoms with Gasteiger partial charge in [0.25, 0.3) is 0 Å². The molecule has 4 aromatic rings. The van der Waals surface area contributed by atoms with E-state index in [2.05, 4.69) is 36.6 Å². The number of nitrogens with zero attached hydrogens (tertiary/aromatic N) is 3. The lowest BCUT2D eigenvalue weighted by Crippen LogP contribution is -2.24. The van der Waals surface area contributed by atoms with Gasteiger partial charge in [-0.1, -0.05) is 49.7 Å². The van der Waals surface area contributed by atoms with Crippen LogP contribution in [0.25, 0.3) is 11.0 Å². The van der Waals surface area contributed by atoms with Gasteiger partial charge in [0.05, 0.1) is 17.6 Å². The highest BCUT2D eigenvalue weighted by Crippen LogP contribution is 2.33. The van der Waals surface area contributed by atoms with E-state index < -0.39 is 0 Å². The number of halogens is 1. The zero-order chi connectivity index (χ0) is 24.4. The van der Waals surface area contributed by atoms with Gasteiger partial charge in [-0.25, -0.2) is 4.98 Å². The van der Waals surface area contributed by atoms with Gasteiger partial charge < -0.3 is 14.2 Å². The van der Waals surface area contributed by atoms with Crippen LogP contribution in [0.1, 0.15) is 49.9 Å². The van der Waals surface area contributed by atoms with E-state index in [1.54, 1.807) is 0 Å². The highest BCUT2D eigenvalue weighted by molar-refractivity contribution is 6.30. The molecule has 35 heavy (non-hydrogen) atoms. The van der Waals surface area contributed by atoms with Gasteiger partial charge in [0.2, 0.25) is 5.91 Å². The summed E-state index contributed by atoms with van der Waals surface area (Å²) in [5, 5.41) is 0.660. The predicted octanol–water partition coefficient (Wildman–Crippen LogP) is 6.80. The number of anilines is 1. The molecule has 1 saturated heterocycles. The molecule has 6 heteroatoms. The SMILES string of the molecule is CCC(C)c1ccc(OCCn2c(C3CC(=O)N(c4ccc(Cl)cc4)C3)nc3ccccc32)cc1. The number of imidazole rings is 1. The number of hydrogen-bond donors (Lipinski definition) is 0. The van der Waals surface area contributed by atoms with Crippen LogP contribution in [0.5, 0.6) is 5.75 Å². The molecular formula is C29H30ClN3O2. The van der Waals surface area contributed by atoms with E-state index in [9.17, 15) is 4.79 Å². The summed E-state index contributed by atoms with van der Waals surface area (Å²) >= 11 is 6.04. The Kier molecular flexibility index (Phi) is 6.78. The minimum atomic E-state index is 0.0143. The quantitative estimate of drug-likeness (QED) is 0.274. The number of ether oxygens (including phenoxy) is 1. The van der Waals surface area contributed by atoms with Crippen LogP contribution in [0, 0.1) is 0 Å². The van der Waals surface area contributed by atoms with Gasteiger partial charge >= 0.3 is 0 Å². The Morgan fingerprint density at radius 2 is 1.80 bits per heavy atom. The summed E-state index contributed by atoms with van der Waals surface area (Å²) < 4.78 is 8.31. The van der Waals surface area contributed by atoms with Crippen molar-refractivity contribution >= 4 is 34.2 Å². The van der Waals surface area contributed by atoms with Crippen molar-refractivity contribution in [2.75, 3.05) is 18.1 Å². The largest absolute Gasteiger partial charge is 0.492 e. The number of carbonyl (C=O) groups is 1. The Bertz CT molecular complexity index is 1310. The topological polar surface area (TPSA) is 47.4 Å². The average molecular weight is 488 g/mol. The van der Waals surface area contributed by atoms with Crippen LogP contribution in [0.3, 0.4) is 0 Å². The monoisotopic (exact) mass is 487 g/mol. The first-order chi connectivity index (χ1) is 17.0. The van der Waals surface area contributed by atoms with Crippen molar-refractivity contribution in [1.82, 2.24) is 9.55 Å². The first-order valence-electron chi connectivity index (χ1n) is 12.3. The molecule has 0 radical (unpaired) electrons. The molecule has 5 rings (SSSR count). The lowest BCUT2D eigenvalue weighted by molar-refractivity contribution is -0.117. The molecule has 2 heterocycles. The number of hydrogen-bond acceptors (Lipinski definition) is 3. The second-order valence-electron chi connectivity index (χ2n) is 9.22. The van der Waals surface area contributed by atoms with Crippen molar-refractivity contribution in [3.8, 4) is 5.75 Å². The van der Waals surface area contributed by atoms with Gasteiger partial charge in [0.1, 0.15) is 18.2 Å². The maximum absolute atomic E-state index is 12.9. The highest BCUT2D eigenvalue weighted by Gasteiger charge is 2.34. The Labute approximate surface area is 211 Å². The predicted molar refractivity (Wildman–Crippen MR) is 142 cm³/mol. The molecule has 1 fully saturated rings. The molecule has 0 aliphatic carbocycles. The minimum absolute atomic E-state index is 0.0143. The molecule has 2 atom stereocenters. The summed E-state index contributed by atoms with van der Waals surface area (Å²) in [5.74, 6) is 2.47. The Balaban J connectivity index is 1.34. The lowest BCUT2D eigenvalue weighted by atomic mass is 9.99. The number of rotatable bonds is 8. The van der Waals surface area contributed by atoms with E-state index in [0.29, 0.717) is 37.1 Å². The summed E-state index contributed by atoms with van der Waals surface area (Å²) in [4.78, 5) is 19.7. The summed E-state index contributed by atoms with van der Waals surface area (Å²) in [6.07, 6.45) is 1.56. The van der Waals surface area contributed by atoms with E-state index in [1.165, 1.54) is 5.56 Å². The van der Waals surface area contributed by atoms with Crippen molar-refractivity contribution in [2.45, 2.75) is 45.1 Å². The van der Waals surface area contributed by atoms with E-state index >= 15 is 0 Å². The molecule has 3 aromatic carbocycles. The van der Waals surface area contributed by atoms with Crippen LogP contribution in [0.15, 0.2) is 72.8 Å². The fraction of sp³-hybridized carbons (Fsp3) is 0.310. The van der Waals surface area contributed by atoms with Crippen molar-refractivity contribution in [3.63, 3.8) is 0 Å². The average Bonchev–Trinajstić information content (AvgIpc) is 3.45. The minimum Gasteiger partial charge on any atom is -0.492 e. The third-order valence-electron chi connectivity index (χ3n) is 6.96. The first kappa shape index (κ1) is 23.4. The molecule has 0 N–H and O–H groups in total. The molecule has 2 unspecified atom stereocenters. The number of amides is 1. The van der Waals surface area contributed by atoms with E-state index in [0.717, 1.165) is 34.7 Å². The second-order valence-corrected chi connectivity index (χ2v) is 9.66. The second kappa shape index (κ2) is 10.1. The summed E-state index contributed by atoms with van der Waals surface area (Å²) in [7, 11) is 0. The van der Waals surface area contributed by atoms with Crippen LogP contribution in [0.4, 0.5) is 5.69 Å². The standard InChI is InChI=1S/C29H30ClN3O2/c1-3-20(2)21-8-14-25(15-9-21)35-17-16-32-27-7-5-4-6-26(27)31-29(32)22-18-28(34)33(19-22)24-12-10-23(30)11-13-24/h4-15,20,22H,3,16-19H2,1-2H3. The maximum Gasteiger partial charge on any atom is 0.227 e. The van der Waals surface area contributed by atoms with Crippen LogP contribution in [-0.2, 0) is 11.3 Å². The van der Waals surface area contributed by atoms with E-state index in [-0.39, 0.29) is 11.8 Å². The number of aromatic nitrogens is 2. The van der Waals surface area contributed by atoms with E-state index in [4.69, 9.17) is 21.3 Å².